The number of nitrogens with zero attached hydrogens (tertiary/aromatic N) is 2. The highest BCUT2D eigenvalue weighted by molar-refractivity contribution is 5.93. The molecule has 14 aromatic carbocycles. The van der Waals surface area contributed by atoms with Crippen LogP contribution in [0.4, 0.5) is 11.4 Å². The number of rotatable bonds is 46. The fraction of sp³-hybridized carbons (Fsp3) is 0.179. The Morgan fingerprint density at radius 1 is 0.148 bits per heavy atom. The van der Waals surface area contributed by atoms with Gasteiger partial charge in [0.1, 0.15) is 148 Å². The number of hydrogen-bond acceptors (Lipinski definition) is 30. The molecule has 142 heavy (non-hydrogen) atoms. The summed E-state index contributed by atoms with van der Waals surface area (Å²) in [5.41, 5.74) is 11.8. The van der Waals surface area contributed by atoms with Gasteiger partial charge in [0.25, 0.3) is 0 Å². The summed E-state index contributed by atoms with van der Waals surface area (Å²) in [7, 11) is 10.5. The van der Waals surface area contributed by atoms with Crippen molar-refractivity contribution in [3.63, 3.8) is 0 Å². The van der Waals surface area contributed by atoms with Crippen LogP contribution >= 0.6 is 0 Å². The zero-order valence-corrected chi connectivity index (χ0v) is 78.7. The van der Waals surface area contributed by atoms with Gasteiger partial charge in [0.2, 0.25) is 0 Å². The van der Waals surface area contributed by atoms with Gasteiger partial charge in [0.05, 0.1) is 113 Å². The van der Waals surface area contributed by atoms with E-state index in [1.807, 2.05) is 0 Å². The minimum Gasteiger partial charge on any atom is -0.489 e. The van der Waals surface area contributed by atoms with Crippen LogP contribution in [0.5, 0.6) is 69.0 Å². The molecule has 0 aliphatic rings. The van der Waals surface area contributed by atoms with Gasteiger partial charge in [-0.25, -0.2) is 38.4 Å². The summed E-state index contributed by atoms with van der Waals surface area (Å²) < 4.78 is 118. The molecule has 0 radical (unpaired) electrons. The van der Waals surface area contributed by atoms with Crippen molar-refractivity contribution < 1.29 is 133 Å². The average Bonchev–Trinajstić information content (AvgIpc) is 0.837. The Bertz CT molecular complexity index is 5650. The molecule has 0 saturated carbocycles. The van der Waals surface area contributed by atoms with Gasteiger partial charge in [-0.05, 0) is 212 Å². The monoisotopic (exact) mass is 1920 g/mol. The summed E-state index contributed by atoms with van der Waals surface area (Å²) >= 11 is 0. The number of esters is 8. The average molecular weight is 1920 g/mol. The zero-order chi connectivity index (χ0) is 99.6. The molecular weight excluding hydrogens is 1820 g/mol. The molecule has 0 spiro atoms. The van der Waals surface area contributed by atoms with E-state index in [-0.39, 0.29) is 114 Å². The van der Waals surface area contributed by atoms with E-state index in [9.17, 15) is 38.4 Å². The lowest BCUT2D eigenvalue weighted by atomic mass is 10.1. The molecule has 0 aliphatic carbocycles. The van der Waals surface area contributed by atoms with Gasteiger partial charge in [0.15, 0.2) is 0 Å². The Balaban J connectivity index is 0.823. The smallest absolute Gasteiger partial charge is 0.337 e. The predicted octanol–water partition coefficient (Wildman–Crippen LogP) is 21.3. The Labute approximate surface area is 817 Å². The third-order valence-electron chi connectivity index (χ3n) is 21.6. The molecule has 724 valence electrons. The normalized spacial score (nSPS) is 10.8. The van der Waals surface area contributed by atoms with Crippen LogP contribution in [0.25, 0.3) is 0 Å². The molecule has 0 aliphatic heterocycles. The van der Waals surface area contributed by atoms with E-state index in [2.05, 4.69) is 0 Å². The highest BCUT2D eigenvalue weighted by Gasteiger charge is 2.20. The van der Waals surface area contributed by atoms with Crippen molar-refractivity contribution in [1.82, 2.24) is 0 Å². The van der Waals surface area contributed by atoms with Crippen LogP contribution in [0.3, 0.4) is 0 Å². The summed E-state index contributed by atoms with van der Waals surface area (Å²) in [6.45, 7) is 0.386. The largest absolute Gasteiger partial charge is 0.489 e. The van der Waals surface area contributed by atoms with E-state index < -0.39 is 47.8 Å². The lowest BCUT2D eigenvalue weighted by Crippen LogP contribution is -2.04. The van der Waals surface area contributed by atoms with Gasteiger partial charge in [-0.15, -0.1) is 0 Å². The number of carbonyl (C=O) groups excluding carboxylic acids is 8. The van der Waals surface area contributed by atoms with E-state index >= 15 is 0 Å². The summed E-state index contributed by atoms with van der Waals surface area (Å²) in [4.78, 5) is 99.2. The molecular formula is C112H98N2O28. The SMILES string of the molecule is COC(=O)c1ccc(COc2cc(COc3cc(N=Nc4cc(OCc5cc(OCc6ccc(C(=O)OC)cc6)cc(OCc6ccc(C(=O)OC)cc6)c5)cc(OCc5cc(OCc6ccc(C(=O)OC)cc6)cc(OCc6ccc(C(=O)OC)cc6)c5)c4)cc(OCc4cc(OCc5ccc(C(=O)OC)cc5)cc(OCc5ccc(C(=O)OC)cc5)c4)c3)cc(OCc3ccc(C(=O)OC)cc3)c2)cc1. The lowest BCUT2D eigenvalue weighted by molar-refractivity contribution is 0.0592. The maximum atomic E-state index is 12.4. The number of ether oxygens (including phenoxy) is 20. The highest BCUT2D eigenvalue weighted by atomic mass is 16.6. The van der Waals surface area contributed by atoms with E-state index in [1.165, 1.54) is 56.9 Å². The number of methoxy groups -OCH3 is 8. The lowest BCUT2D eigenvalue weighted by Gasteiger charge is -2.16. The molecule has 30 heteroatoms. The molecule has 14 rings (SSSR count). The highest BCUT2D eigenvalue weighted by Crippen LogP contribution is 2.38. The first-order valence-electron chi connectivity index (χ1n) is 44.3. The van der Waals surface area contributed by atoms with Crippen LogP contribution in [0, 0.1) is 0 Å². The molecule has 0 bridgehead atoms. The minimum absolute atomic E-state index is 0.0886. The van der Waals surface area contributed by atoms with Crippen LogP contribution in [0.2, 0.25) is 0 Å². The Kier molecular flexibility index (Phi) is 35.0. The third-order valence-corrected chi connectivity index (χ3v) is 21.6. The van der Waals surface area contributed by atoms with Gasteiger partial charge >= 0.3 is 47.8 Å². The summed E-state index contributed by atoms with van der Waals surface area (Å²) in [5, 5.41) is 9.78. The number of benzene rings is 14. The molecule has 0 aromatic heterocycles. The number of carbonyl (C=O) groups is 8. The second-order valence-electron chi connectivity index (χ2n) is 31.7. The van der Waals surface area contributed by atoms with Gasteiger partial charge in [-0.3, -0.25) is 0 Å². The predicted molar refractivity (Wildman–Crippen MR) is 517 cm³/mol. The van der Waals surface area contributed by atoms with Gasteiger partial charge in [-0.1, -0.05) is 97.1 Å². The van der Waals surface area contributed by atoms with E-state index in [0.717, 1.165) is 44.5 Å². The first-order chi connectivity index (χ1) is 69.1. The summed E-state index contributed by atoms with van der Waals surface area (Å²) in [6, 6.07) is 85.9. The number of azo groups is 1. The summed E-state index contributed by atoms with van der Waals surface area (Å²) in [5.74, 6) is 0.414. The van der Waals surface area contributed by atoms with Crippen LogP contribution < -0.4 is 56.8 Å². The quantitative estimate of drug-likeness (QED) is 0.0194. The van der Waals surface area contributed by atoms with Crippen molar-refractivity contribution in [3.05, 3.63) is 415 Å². The number of hydrogen-bond donors (Lipinski definition) is 0. The van der Waals surface area contributed by atoms with E-state index in [0.29, 0.717) is 113 Å². The van der Waals surface area contributed by atoms with Crippen molar-refractivity contribution in [2.24, 2.45) is 10.2 Å². The molecule has 0 amide bonds. The summed E-state index contributed by atoms with van der Waals surface area (Å²) in [6.07, 6.45) is 0. The Morgan fingerprint density at radius 2 is 0.254 bits per heavy atom. The van der Waals surface area contributed by atoms with Crippen LogP contribution in [-0.2, 0) is 117 Å². The van der Waals surface area contributed by atoms with E-state index in [4.69, 9.17) is 105 Å². The standard InChI is InChI=1S/C112H98N2O28/c1-123-105(115)83-25-9-71(10-26-83)59-131-93-41-79(42-94(53-93)132-60-72-11-27-84(28-12-72)106(116)124-2)67-139-101-49-91(50-102(57-101)140-68-80-43-95(133-61-73-13-29-85(30-14-73)107(117)125-3)54-96(44-80)134-62-74-15-31-86(32-16-74)108(118)126-4)113-114-92-51-103(141-69-81-45-97(135-63-75-17-33-87(34-18-75)109(119)127-5)55-98(46-81)136-64-76-19-35-88(36-20-76)110(120)128-6)58-104(52-92)142-70-82-47-99(137-65-77-21-37-89(38-22-77)111(121)129-7)56-100(48-82)138-66-78-23-39-90(40-24-78)112(122)130-8/h9-58H,59-70H2,1-8H3. The molecule has 14 aromatic rings. The maximum Gasteiger partial charge on any atom is 0.337 e. The topological polar surface area (TPSA) is 346 Å². The minimum atomic E-state index is -0.488. The second-order valence-corrected chi connectivity index (χ2v) is 31.7. The van der Waals surface area contributed by atoms with Crippen molar-refractivity contribution >= 4 is 59.1 Å². The molecule has 0 saturated heterocycles. The van der Waals surface area contributed by atoms with Crippen molar-refractivity contribution in [2.75, 3.05) is 56.9 Å². The molecule has 0 unspecified atom stereocenters. The molecule has 30 nitrogen and oxygen atoms in total. The fourth-order valence-corrected chi connectivity index (χ4v) is 14.0. The second kappa shape index (κ2) is 49.7. The van der Waals surface area contributed by atoms with Crippen molar-refractivity contribution in [3.8, 4) is 69.0 Å². The van der Waals surface area contributed by atoms with E-state index in [1.54, 1.807) is 303 Å². The maximum absolute atomic E-state index is 12.4. The van der Waals surface area contributed by atoms with Crippen molar-refractivity contribution in [2.45, 2.75) is 79.3 Å². The molecule has 0 heterocycles. The van der Waals surface area contributed by atoms with Crippen LogP contribution in [-0.4, -0.2) is 105 Å². The molecule has 0 fully saturated rings. The van der Waals surface area contributed by atoms with Gasteiger partial charge in [0, 0.05) is 60.7 Å². The zero-order valence-electron chi connectivity index (χ0n) is 78.7. The first-order valence-corrected chi connectivity index (χ1v) is 44.3. The first kappa shape index (κ1) is 100.0. The van der Waals surface area contributed by atoms with Crippen LogP contribution in [0.15, 0.2) is 314 Å². The Hall–Kier alpha value is -18.0. The van der Waals surface area contributed by atoms with Crippen LogP contribution in [0.1, 0.15) is 150 Å². The third kappa shape index (κ3) is 29.3. The molecule has 0 atom stereocenters. The van der Waals surface area contributed by atoms with Gasteiger partial charge in [-0.2, -0.15) is 10.2 Å². The molecule has 0 N–H and O–H groups in total. The van der Waals surface area contributed by atoms with Gasteiger partial charge < -0.3 is 94.7 Å². The Morgan fingerprint density at radius 3 is 0.366 bits per heavy atom. The van der Waals surface area contributed by atoms with Crippen molar-refractivity contribution in [1.29, 1.82) is 0 Å². The fourth-order valence-electron chi connectivity index (χ4n) is 14.0.